The van der Waals surface area contributed by atoms with Gasteiger partial charge < -0.3 is 10.1 Å². The SMILES string of the molecule is CCOC(=O)c1ccc(C)c(CNC(=O)CSc2nc3sc4c(c3c(=O)n2Cc2ccccc2)CCCC4)c1. The Morgan fingerprint density at radius 2 is 1.92 bits per heavy atom. The highest BCUT2D eigenvalue weighted by atomic mass is 32.2. The Hall–Kier alpha value is -3.43. The van der Waals surface area contributed by atoms with Crippen molar-refractivity contribution in [2.24, 2.45) is 0 Å². The van der Waals surface area contributed by atoms with Gasteiger partial charge in [-0.1, -0.05) is 48.2 Å². The lowest BCUT2D eigenvalue weighted by Gasteiger charge is -2.14. The van der Waals surface area contributed by atoms with E-state index in [1.807, 2.05) is 43.3 Å². The van der Waals surface area contributed by atoms with E-state index in [2.05, 4.69) is 5.32 Å². The molecule has 7 nitrogen and oxygen atoms in total. The van der Waals surface area contributed by atoms with Crippen molar-refractivity contribution in [2.45, 2.75) is 57.8 Å². The van der Waals surface area contributed by atoms with E-state index >= 15 is 0 Å². The number of carbonyl (C=O) groups is 2. The number of aryl methyl sites for hydroxylation is 3. The molecule has 0 radical (unpaired) electrons. The lowest BCUT2D eigenvalue weighted by Crippen LogP contribution is -2.27. The number of benzene rings is 2. The molecule has 5 rings (SSSR count). The Kier molecular flexibility index (Phi) is 8.47. The van der Waals surface area contributed by atoms with Crippen LogP contribution in [0.25, 0.3) is 10.2 Å². The molecule has 2 aromatic heterocycles. The first-order valence-corrected chi connectivity index (χ1v) is 15.0. The number of hydrogen-bond acceptors (Lipinski definition) is 7. The highest BCUT2D eigenvalue weighted by Gasteiger charge is 2.23. The number of aromatic nitrogens is 2. The number of amides is 1. The van der Waals surface area contributed by atoms with Gasteiger partial charge in [-0.3, -0.25) is 14.2 Å². The van der Waals surface area contributed by atoms with Crippen LogP contribution in [0.2, 0.25) is 0 Å². The Bertz CT molecular complexity index is 1580. The van der Waals surface area contributed by atoms with Crippen molar-refractivity contribution in [1.82, 2.24) is 14.9 Å². The quantitative estimate of drug-likeness (QED) is 0.170. The van der Waals surface area contributed by atoms with Gasteiger partial charge in [0.05, 0.1) is 29.9 Å². The summed E-state index contributed by atoms with van der Waals surface area (Å²) in [5.74, 6) is -0.435. The van der Waals surface area contributed by atoms with Crippen molar-refractivity contribution in [3.05, 3.63) is 91.6 Å². The smallest absolute Gasteiger partial charge is 0.338 e. The summed E-state index contributed by atoms with van der Waals surface area (Å²) in [4.78, 5) is 45.7. The van der Waals surface area contributed by atoms with Gasteiger partial charge >= 0.3 is 5.97 Å². The van der Waals surface area contributed by atoms with Gasteiger partial charge in [0.25, 0.3) is 5.56 Å². The zero-order valence-electron chi connectivity index (χ0n) is 22.1. The predicted octanol–water partition coefficient (Wildman–Crippen LogP) is 5.28. The molecular formula is C30H31N3O4S2. The number of nitrogens with one attached hydrogen (secondary N) is 1. The van der Waals surface area contributed by atoms with Crippen molar-refractivity contribution >= 4 is 45.2 Å². The number of fused-ring (bicyclic) bond motifs is 3. The zero-order chi connectivity index (χ0) is 27.4. The van der Waals surface area contributed by atoms with Crippen LogP contribution in [0.3, 0.4) is 0 Å². The van der Waals surface area contributed by atoms with Crippen LogP contribution in [0.15, 0.2) is 58.5 Å². The van der Waals surface area contributed by atoms with Gasteiger partial charge in [0, 0.05) is 11.4 Å². The van der Waals surface area contributed by atoms with Crippen LogP contribution in [0, 0.1) is 6.92 Å². The van der Waals surface area contributed by atoms with Gasteiger partial charge in [-0.05, 0) is 73.9 Å². The molecule has 0 bridgehead atoms. The van der Waals surface area contributed by atoms with E-state index in [0.29, 0.717) is 30.4 Å². The summed E-state index contributed by atoms with van der Waals surface area (Å²) in [7, 11) is 0. The third kappa shape index (κ3) is 6.09. The highest BCUT2D eigenvalue weighted by molar-refractivity contribution is 7.99. The van der Waals surface area contributed by atoms with Crippen LogP contribution in [0.1, 0.15) is 57.3 Å². The second-order valence-corrected chi connectivity index (χ2v) is 11.6. The molecule has 39 heavy (non-hydrogen) atoms. The number of ether oxygens (including phenoxy) is 1. The predicted molar refractivity (Wildman–Crippen MR) is 156 cm³/mol. The highest BCUT2D eigenvalue weighted by Crippen LogP contribution is 2.34. The standard InChI is InChI=1S/C30H31N3O4S2/c1-3-37-29(36)21-14-13-19(2)22(15-21)16-31-25(34)18-38-30-32-27-26(23-11-7-8-12-24(23)39-27)28(35)33(30)17-20-9-5-4-6-10-20/h4-6,9-10,13-15H,3,7-8,11-12,16-18H2,1-2H3,(H,31,34). The van der Waals surface area contributed by atoms with Crippen LogP contribution in [0.4, 0.5) is 0 Å². The Morgan fingerprint density at radius 3 is 2.72 bits per heavy atom. The first-order chi connectivity index (χ1) is 18.9. The van der Waals surface area contributed by atoms with Crippen LogP contribution < -0.4 is 10.9 Å². The third-order valence-corrected chi connectivity index (χ3v) is 9.05. The van der Waals surface area contributed by atoms with Gasteiger partial charge in [-0.15, -0.1) is 11.3 Å². The topological polar surface area (TPSA) is 90.3 Å². The molecule has 202 valence electrons. The lowest BCUT2D eigenvalue weighted by atomic mass is 9.97. The fourth-order valence-electron chi connectivity index (χ4n) is 4.81. The van der Waals surface area contributed by atoms with Crippen molar-refractivity contribution in [3.63, 3.8) is 0 Å². The van der Waals surface area contributed by atoms with Crippen LogP contribution >= 0.6 is 23.1 Å². The van der Waals surface area contributed by atoms with E-state index in [1.165, 1.54) is 16.6 Å². The number of carbonyl (C=O) groups excluding carboxylic acids is 2. The maximum atomic E-state index is 13.8. The molecule has 0 atom stereocenters. The molecule has 2 aromatic carbocycles. The van der Waals surface area contributed by atoms with Crippen molar-refractivity contribution in [1.29, 1.82) is 0 Å². The van der Waals surface area contributed by atoms with Crippen LogP contribution in [-0.2, 0) is 35.5 Å². The summed E-state index contributed by atoms with van der Waals surface area (Å²) >= 11 is 2.89. The van der Waals surface area contributed by atoms with E-state index in [-0.39, 0.29) is 23.2 Å². The second-order valence-electron chi connectivity index (χ2n) is 9.59. The lowest BCUT2D eigenvalue weighted by molar-refractivity contribution is -0.118. The van der Waals surface area contributed by atoms with Crippen molar-refractivity contribution < 1.29 is 14.3 Å². The number of hydrogen-bond donors (Lipinski definition) is 1. The van der Waals surface area contributed by atoms with Gasteiger partial charge in [0.1, 0.15) is 4.83 Å². The fraction of sp³-hybridized carbons (Fsp3) is 0.333. The maximum absolute atomic E-state index is 13.8. The number of esters is 1. The summed E-state index contributed by atoms with van der Waals surface area (Å²) in [6.07, 6.45) is 4.15. The molecule has 9 heteroatoms. The summed E-state index contributed by atoms with van der Waals surface area (Å²) in [6.45, 7) is 4.70. The zero-order valence-corrected chi connectivity index (χ0v) is 23.8. The normalized spacial score (nSPS) is 12.8. The Balaban J connectivity index is 1.35. The van der Waals surface area contributed by atoms with Gasteiger partial charge in [0.2, 0.25) is 5.91 Å². The van der Waals surface area contributed by atoms with E-state index in [9.17, 15) is 14.4 Å². The van der Waals surface area contributed by atoms with E-state index in [0.717, 1.165) is 58.2 Å². The molecule has 0 saturated heterocycles. The average Bonchev–Trinajstić information content (AvgIpc) is 3.32. The van der Waals surface area contributed by atoms with Crippen LogP contribution in [-0.4, -0.2) is 33.8 Å². The summed E-state index contributed by atoms with van der Waals surface area (Å²) in [5.41, 5.74) is 4.42. The number of thioether (sulfide) groups is 1. The summed E-state index contributed by atoms with van der Waals surface area (Å²) < 4.78 is 6.81. The molecule has 4 aromatic rings. The maximum Gasteiger partial charge on any atom is 0.338 e. The van der Waals surface area contributed by atoms with E-state index in [1.54, 1.807) is 35.0 Å². The molecule has 0 aliphatic heterocycles. The molecule has 0 spiro atoms. The molecule has 0 saturated carbocycles. The van der Waals surface area contributed by atoms with E-state index in [4.69, 9.17) is 9.72 Å². The molecular weight excluding hydrogens is 530 g/mol. The molecule has 1 amide bonds. The summed E-state index contributed by atoms with van der Waals surface area (Å²) in [5, 5.41) is 4.24. The third-order valence-electron chi connectivity index (χ3n) is 6.89. The number of nitrogens with zero attached hydrogens (tertiary/aromatic N) is 2. The first-order valence-electron chi connectivity index (χ1n) is 13.2. The number of thiophene rings is 1. The molecule has 1 aliphatic rings. The minimum atomic E-state index is -0.381. The van der Waals surface area contributed by atoms with Crippen LogP contribution in [0.5, 0.6) is 0 Å². The molecule has 0 fully saturated rings. The van der Waals surface area contributed by atoms with Gasteiger partial charge in [0.15, 0.2) is 5.16 Å². The minimum Gasteiger partial charge on any atom is -0.462 e. The Morgan fingerprint density at radius 1 is 1.13 bits per heavy atom. The largest absolute Gasteiger partial charge is 0.462 e. The first kappa shape index (κ1) is 27.1. The van der Waals surface area contributed by atoms with E-state index < -0.39 is 0 Å². The minimum absolute atomic E-state index is 0.0300. The van der Waals surface area contributed by atoms with Gasteiger partial charge in [-0.25, -0.2) is 9.78 Å². The second kappa shape index (κ2) is 12.2. The van der Waals surface area contributed by atoms with Crippen molar-refractivity contribution in [2.75, 3.05) is 12.4 Å². The molecule has 1 aliphatic carbocycles. The Labute approximate surface area is 235 Å². The summed E-state index contributed by atoms with van der Waals surface area (Å²) in [6, 6.07) is 15.2. The monoisotopic (exact) mass is 561 g/mol. The molecule has 2 heterocycles. The van der Waals surface area contributed by atoms with Gasteiger partial charge in [-0.2, -0.15) is 0 Å². The fourth-order valence-corrected chi connectivity index (χ4v) is 6.94. The molecule has 1 N–H and O–H groups in total. The average molecular weight is 562 g/mol. The van der Waals surface area contributed by atoms with Crippen molar-refractivity contribution in [3.8, 4) is 0 Å². The molecule has 0 unspecified atom stereocenters. The number of rotatable bonds is 9.